The molecule has 1 aromatic carbocycles. The second-order valence-corrected chi connectivity index (χ2v) is 6.73. The van der Waals surface area contributed by atoms with Crippen LogP contribution in [-0.2, 0) is 0 Å². The molecule has 130 valence electrons. The zero-order valence-corrected chi connectivity index (χ0v) is 15.6. The van der Waals surface area contributed by atoms with E-state index in [1.807, 2.05) is 0 Å². The largest absolute Gasteiger partial charge is 0.200 e. The van der Waals surface area contributed by atoms with Gasteiger partial charge in [0.2, 0.25) is 6.21 Å². The van der Waals surface area contributed by atoms with Crippen LogP contribution in [0.15, 0.2) is 30.3 Å². The normalized spacial score (nSPS) is 11.7. The molecule has 0 heterocycles. The van der Waals surface area contributed by atoms with Gasteiger partial charge in [-0.2, -0.15) is 5.01 Å². The minimum atomic E-state index is 1.11. The van der Waals surface area contributed by atoms with Gasteiger partial charge < -0.3 is 0 Å². The van der Waals surface area contributed by atoms with Crippen LogP contribution in [0.1, 0.15) is 76.7 Å². The maximum atomic E-state index is 2.32. The maximum absolute atomic E-state index is 2.32. The fourth-order valence-corrected chi connectivity index (χ4v) is 2.85. The number of benzene rings is 1. The smallest absolute Gasteiger partial charge is 0.192 e. The number of hydrazone groups is 1. The van der Waals surface area contributed by atoms with Crippen LogP contribution in [0.25, 0.3) is 0 Å². The van der Waals surface area contributed by atoms with Crippen LogP contribution in [-0.4, -0.2) is 36.5 Å². The quantitative estimate of drug-likeness (QED) is 0.201. The molecule has 2 heteroatoms. The standard InChI is InChI=1S/C21H37N2/c1-4-5-6-7-8-9-10-11-12-16-19-23(22(2)3)20-21-17-14-13-15-18-21/h13-15,17-18,20H,4-12,16,19H2,1-3H3/q+1. The minimum Gasteiger partial charge on any atom is -0.192 e. The molecule has 0 saturated carbocycles. The van der Waals surface area contributed by atoms with Crippen LogP contribution >= 0.6 is 0 Å². The summed E-state index contributed by atoms with van der Waals surface area (Å²) in [6, 6.07) is 10.6. The second-order valence-electron chi connectivity index (χ2n) is 6.73. The zero-order chi connectivity index (χ0) is 16.8. The van der Waals surface area contributed by atoms with Gasteiger partial charge in [-0.3, -0.25) is 0 Å². The number of nitrogens with zero attached hydrogens (tertiary/aromatic N) is 2. The summed E-state index contributed by atoms with van der Waals surface area (Å²) in [6.45, 7) is 3.39. The van der Waals surface area contributed by atoms with Crippen molar-refractivity contribution in [2.24, 2.45) is 0 Å². The van der Waals surface area contributed by atoms with E-state index in [0.717, 1.165) is 6.54 Å². The molecule has 23 heavy (non-hydrogen) atoms. The lowest BCUT2D eigenvalue weighted by atomic mass is 10.1. The summed E-state index contributed by atoms with van der Waals surface area (Å²) < 4.78 is 2.32. The van der Waals surface area contributed by atoms with Gasteiger partial charge in [-0.05, 0) is 18.6 Å². The number of unbranched alkanes of at least 4 members (excludes halogenated alkanes) is 9. The van der Waals surface area contributed by atoms with E-state index in [1.54, 1.807) is 0 Å². The Morgan fingerprint density at radius 3 is 1.83 bits per heavy atom. The second kappa shape index (κ2) is 13.2. The summed E-state index contributed by atoms with van der Waals surface area (Å²) in [4.78, 5) is 0. The summed E-state index contributed by atoms with van der Waals surface area (Å²) >= 11 is 0. The average molecular weight is 318 g/mol. The molecule has 0 amide bonds. The number of rotatable bonds is 13. The Hall–Kier alpha value is -1.31. The monoisotopic (exact) mass is 317 g/mol. The van der Waals surface area contributed by atoms with Crippen LogP contribution < -0.4 is 0 Å². The Balaban J connectivity index is 2.13. The van der Waals surface area contributed by atoms with Crippen molar-refractivity contribution in [2.75, 3.05) is 20.6 Å². The van der Waals surface area contributed by atoms with Crippen molar-refractivity contribution in [2.45, 2.75) is 71.1 Å². The van der Waals surface area contributed by atoms with Crippen molar-refractivity contribution in [3.8, 4) is 0 Å². The Bertz CT molecular complexity index is 409. The van der Waals surface area contributed by atoms with Crippen LogP contribution in [0, 0.1) is 0 Å². The van der Waals surface area contributed by atoms with Crippen molar-refractivity contribution < 1.29 is 4.68 Å². The third-order valence-corrected chi connectivity index (χ3v) is 4.35. The molecule has 0 aliphatic carbocycles. The van der Waals surface area contributed by atoms with E-state index in [2.05, 4.69) is 67.3 Å². The third kappa shape index (κ3) is 10.1. The average Bonchev–Trinajstić information content (AvgIpc) is 2.56. The van der Waals surface area contributed by atoms with Gasteiger partial charge in [0.25, 0.3) is 0 Å². The van der Waals surface area contributed by atoms with Crippen molar-refractivity contribution >= 4 is 6.21 Å². The van der Waals surface area contributed by atoms with E-state index in [0.29, 0.717) is 0 Å². The first kappa shape index (κ1) is 19.7. The molecule has 0 saturated heterocycles. The van der Waals surface area contributed by atoms with Crippen molar-refractivity contribution in [3.63, 3.8) is 0 Å². The lowest BCUT2D eigenvalue weighted by molar-refractivity contribution is -0.674. The van der Waals surface area contributed by atoms with Gasteiger partial charge in [0.1, 0.15) is 0 Å². The molecule has 0 radical (unpaired) electrons. The van der Waals surface area contributed by atoms with E-state index in [1.165, 1.54) is 69.8 Å². The molecule has 0 atom stereocenters. The van der Waals surface area contributed by atoms with E-state index in [9.17, 15) is 0 Å². The summed E-state index contributed by atoms with van der Waals surface area (Å²) in [7, 11) is 4.24. The molecule has 0 aliphatic rings. The molecule has 0 aliphatic heterocycles. The van der Waals surface area contributed by atoms with Gasteiger partial charge in [-0.1, -0.05) is 76.5 Å². The van der Waals surface area contributed by atoms with Crippen LogP contribution in [0.3, 0.4) is 0 Å². The molecule has 2 nitrogen and oxygen atoms in total. The summed E-state index contributed by atoms with van der Waals surface area (Å²) in [5.41, 5.74) is 1.27. The lowest BCUT2D eigenvalue weighted by Gasteiger charge is -2.11. The number of hydrogen-bond donors (Lipinski definition) is 0. The van der Waals surface area contributed by atoms with Gasteiger partial charge in [0.05, 0.1) is 14.1 Å². The third-order valence-electron chi connectivity index (χ3n) is 4.35. The summed E-state index contributed by atoms with van der Waals surface area (Å²) in [6.07, 6.45) is 16.2. The van der Waals surface area contributed by atoms with Gasteiger partial charge in [0, 0.05) is 12.0 Å². The molecule has 1 aromatic rings. The van der Waals surface area contributed by atoms with Gasteiger partial charge in [0.15, 0.2) is 6.54 Å². The molecule has 1 rings (SSSR count). The minimum absolute atomic E-state index is 1.11. The molecule has 0 bridgehead atoms. The first-order valence-electron chi connectivity index (χ1n) is 9.58. The fourth-order valence-electron chi connectivity index (χ4n) is 2.85. The first-order chi connectivity index (χ1) is 11.2. The Morgan fingerprint density at radius 1 is 0.783 bits per heavy atom. The van der Waals surface area contributed by atoms with Crippen molar-refractivity contribution in [1.82, 2.24) is 5.01 Å². The topological polar surface area (TPSA) is 6.25 Å². The Morgan fingerprint density at radius 2 is 1.30 bits per heavy atom. The van der Waals surface area contributed by atoms with Crippen LogP contribution in [0.2, 0.25) is 0 Å². The molecular weight excluding hydrogens is 280 g/mol. The SMILES string of the molecule is CCCCCCCCCCCC[N+](=Cc1ccccc1)N(C)C. The number of hydrazine groups is 1. The van der Waals surface area contributed by atoms with Crippen LogP contribution in [0.4, 0.5) is 0 Å². The van der Waals surface area contributed by atoms with E-state index >= 15 is 0 Å². The van der Waals surface area contributed by atoms with E-state index < -0.39 is 0 Å². The fraction of sp³-hybridized carbons (Fsp3) is 0.667. The molecule has 0 unspecified atom stereocenters. The van der Waals surface area contributed by atoms with Crippen LogP contribution in [0.5, 0.6) is 0 Å². The molecule has 0 fully saturated rings. The van der Waals surface area contributed by atoms with E-state index in [4.69, 9.17) is 0 Å². The molecule has 0 spiro atoms. The summed E-state index contributed by atoms with van der Waals surface area (Å²) in [5, 5.41) is 2.18. The highest BCUT2D eigenvalue weighted by molar-refractivity contribution is 5.75. The highest BCUT2D eigenvalue weighted by Crippen LogP contribution is 2.10. The van der Waals surface area contributed by atoms with Gasteiger partial charge in [-0.25, -0.2) is 0 Å². The number of hydrogen-bond acceptors (Lipinski definition) is 1. The van der Waals surface area contributed by atoms with Gasteiger partial charge >= 0.3 is 0 Å². The maximum Gasteiger partial charge on any atom is 0.200 e. The molecule has 0 aromatic heterocycles. The van der Waals surface area contributed by atoms with Crippen molar-refractivity contribution in [1.29, 1.82) is 0 Å². The first-order valence-corrected chi connectivity index (χ1v) is 9.58. The van der Waals surface area contributed by atoms with Gasteiger partial charge in [-0.15, -0.1) is 4.68 Å². The zero-order valence-electron chi connectivity index (χ0n) is 15.6. The highest BCUT2D eigenvalue weighted by Gasteiger charge is 2.07. The lowest BCUT2D eigenvalue weighted by Crippen LogP contribution is -2.30. The predicted octanol–water partition coefficient (Wildman–Crippen LogP) is 5.52. The molecule has 0 N–H and O–H groups in total. The summed E-state index contributed by atoms with van der Waals surface area (Å²) in [5.74, 6) is 0. The Labute approximate surface area is 144 Å². The van der Waals surface area contributed by atoms with E-state index in [-0.39, 0.29) is 0 Å². The van der Waals surface area contributed by atoms with Crippen molar-refractivity contribution in [3.05, 3.63) is 35.9 Å². The highest BCUT2D eigenvalue weighted by atomic mass is 15.5. The predicted molar refractivity (Wildman–Crippen MR) is 102 cm³/mol. The Kier molecular flexibility index (Phi) is 11.3. The molecular formula is C21H37N2+.